The molecule has 2 aromatic carbocycles. The molecule has 1 aromatic heterocycles. The average Bonchev–Trinajstić information content (AvgIpc) is 3.44. The number of amides is 1. The van der Waals surface area contributed by atoms with Crippen molar-refractivity contribution in [2.75, 3.05) is 30.9 Å². The molecule has 1 fully saturated rings. The molecule has 2 heterocycles. The Morgan fingerprint density at radius 1 is 1.00 bits per heavy atom. The van der Waals surface area contributed by atoms with Gasteiger partial charge in [-0.1, -0.05) is 34.8 Å². The number of rotatable bonds is 10. The number of esters is 1. The number of sulfonamides is 1. The van der Waals surface area contributed by atoms with Crippen molar-refractivity contribution in [2.45, 2.75) is 23.9 Å². The molecule has 4 rings (SSSR count). The van der Waals surface area contributed by atoms with Crippen molar-refractivity contribution in [1.82, 2.24) is 15.2 Å². The molecule has 0 bridgehead atoms. The van der Waals surface area contributed by atoms with Crippen molar-refractivity contribution < 1.29 is 40.7 Å². The number of carbonyl (C=O) groups is 2. The van der Waals surface area contributed by atoms with Gasteiger partial charge in [-0.2, -0.15) is 13.2 Å². The van der Waals surface area contributed by atoms with Crippen LogP contribution in [0.15, 0.2) is 53.6 Å². The molecule has 0 atom stereocenters. The van der Waals surface area contributed by atoms with E-state index >= 15 is 0 Å². The lowest BCUT2D eigenvalue weighted by atomic mass is 10.1. The van der Waals surface area contributed by atoms with E-state index in [-0.39, 0.29) is 49.4 Å². The molecule has 10 nitrogen and oxygen atoms in total. The minimum absolute atomic E-state index is 0.0138. The Hall–Kier alpha value is -3.30. The number of aromatic nitrogens is 1. The number of anilines is 1. The highest BCUT2D eigenvalue weighted by Crippen LogP contribution is 2.35. The molecule has 230 valence electrons. The number of hydrogen-bond acceptors (Lipinski definition) is 8. The first-order chi connectivity index (χ1) is 20.2. The highest BCUT2D eigenvalue weighted by molar-refractivity contribution is 7.92. The van der Waals surface area contributed by atoms with Crippen LogP contribution in [0.4, 0.5) is 18.9 Å². The van der Waals surface area contributed by atoms with Crippen LogP contribution in [0.25, 0.3) is 0 Å². The molecule has 3 aromatic rings. The van der Waals surface area contributed by atoms with Crippen molar-refractivity contribution in [2.24, 2.45) is 0 Å². The molecule has 43 heavy (non-hydrogen) atoms. The minimum atomic E-state index is -5.35. The second-order valence-corrected chi connectivity index (χ2v) is 12.1. The third-order valence-corrected chi connectivity index (χ3v) is 8.33. The van der Waals surface area contributed by atoms with Gasteiger partial charge in [0.25, 0.3) is 15.9 Å². The van der Waals surface area contributed by atoms with Gasteiger partial charge in [0.2, 0.25) is 5.88 Å². The van der Waals surface area contributed by atoms with Crippen LogP contribution in [0.1, 0.15) is 23.2 Å². The summed E-state index contributed by atoms with van der Waals surface area (Å²) in [5.41, 5.74) is -0.618. The van der Waals surface area contributed by atoms with Gasteiger partial charge in [0.15, 0.2) is 0 Å². The molecule has 2 N–H and O–H groups in total. The van der Waals surface area contributed by atoms with E-state index in [0.29, 0.717) is 6.54 Å². The van der Waals surface area contributed by atoms with Crippen LogP contribution < -0.4 is 19.5 Å². The molecule has 0 unspecified atom stereocenters. The van der Waals surface area contributed by atoms with Crippen LogP contribution in [0.3, 0.4) is 0 Å². The summed E-state index contributed by atoms with van der Waals surface area (Å²) in [7, 11) is -4.28. The normalized spacial score (nSPS) is 13.9. The van der Waals surface area contributed by atoms with Crippen molar-refractivity contribution in [1.29, 1.82) is 0 Å². The van der Waals surface area contributed by atoms with Crippen LogP contribution in [0, 0.1) is 0 Å². The van der Waals surface area contributed by atoms with Gasteiger partial charge in [0, 0.05) is 25.4 Å². The molecule has 1 aliphatic heterocycles. The van der Waals surface area contributed by atoms with Gasteiger partial charge in [-0.25, -0.2) is 18.2 Å². The van der Waals surface area contributed by atoms with Gasteiger partial charge in [-0.3, -0.25) is 9.52 Å². The van der Waals surface area contributed by atoms with Gasteiger partial charge < -0.3 is 19.7 Å². The fourth-order valence-corrected chi connectivity index (χ4v) is 5.56. The summed E-state index contributed by atoms with van der Waals surface area (Å²) < 4.78 is 77.4. The number of halogens is 6. The SMILES string of the molecule is O=C(NCCN1CCCC1)c1ccc(Oc2ncc(Cl)cc2NS(=O)(=O)c2ccc(Cl)c(Cl)c2)cc1OC(=O)C(F)(F)F. The minimum Gasteiger partial charge on any atom is -0.437 e. The number of alkyl halides is 3. The first-order valence-corrected chi connectivity index (χ1v) is 15.1. The Morgan fingerprint density at radius 3 is 2.40 bits per heavy atom. The molecule has 0 saturated carbocycles. The number of hydrogen-bond donors (Lipinski definition) is 2. The predicted molar refractivity (Wildman–Crippen MR) is 153 cm³/mol. The van der Waals surface area contributed by atoms with Crippen LogP contribution in [-0.4, -0.2) is 62.5 Å². The summed E-state index contributed by atoms with van der Waals surface area (Å²) >= 11 is 17.8. The number of likely N-dealkylation sites (tertiary alicyclic amines) is 1. The van der Waals surface area contributed by atoms with Crippen molar-refractivity contribution in [3.8, 4) is 17.4 Å². The number of nitrogens with one attached hydrogen (secondary N) is 2. The molecule has 1 saturated heterocycles. The summed E-state index contributed by atoms with van der Waals surface area (Å²) in [6.07, 6.45) is -2.16. The molecule has 17 heteroatoms. The van der Waals surface area contributed by atoms with Gasteiger partial charge in [0.05, 0.1) is 25.5 Å². The predicted octanol–water partition coefficient (Wildman–Crippen LogP) is 5.93. The number of pyridine rings is 1. The summed E-state index contributed by atoms with van der Waals surface area (Å²) in [6, 6.07) is 7.92. The number of carbonyl (C=O) groups excluding carboxylic acids is 2. The van der Waals surface area contributed by atoms with Crippen molar-refractivity contribution in [3.05, 3.63) is 69.3 Å². The summed E-state index contributed by atoms with van der Waals surface area (Å²) in [6.45, 7) is 2.50. The maximum atomic E-state index is 13.0. The van der Waals surface area contributed by atoms with E-state index < -0.39 is 33.8 Å². The fourth-order valence-electron chi connectivity index (χ4n) is 3.97. The van der Waals surface area contributed by atoms with Crippen molar-refractivity contribution >= 4 is 62.4 Å². The highest BCUT2D eigenvalue weighted by atomic mass is 35.5. The van der Waals surface area contributed by atoms with E-state index in [2.05, 4.69) is 24.7 Å². The number of ether oxygens (including phenoxy) is 2. The van der Waals surface area contributed by atoms with Crippen LogP contribution in [0.2, 0.25) is 15.1 Å². The first kappa shape index (κ1) is 32.6. The van der Waals surface area contributed by atoms with E-state index in [9.17, 15) is 31.2 Å². The quantitative estimate of drug-likeness (QED) is 0.199. The van der Waals surface area contributed by atoms with E-state index in [0.717, 1.165) is 50.3 Å². The van der Waals surface area contributed by atoms with E-state index in [1.807, 2.05) is 0 Å². The Labute approximate surface area is 259 Å². The summed E-state index contributed by atoms with van der Waals surface area (Å²) in [5.74, 6) is -4.70. The van der Waals surface area contributed by atoms with Gasteiger partial charge in [0.1, 0.15) is 17.2 Å². The maximum absolute atomic E-state index is 13.0. The zero-order valence-electron chi connectivity index (χ0n) is 21.9. The molecule has 1 aliphatic rings. The molecule has 0 aliphatic carbocycles. The third-order valence-electron chi connectivity index (χ3n) is 6.02. The van der Waals surface area contributed by atoms with E-state index in [1.54, 1.807) is 0 Å². The van der Waals surface area contributed by atoms with E-state index in [4.69, 9.17) is 39.5 Å². The molecular formula is C26H22Cl3F3N4O6S. The average molecular weight is 682 g/mol. The number of nitrogens with zero attached hydrogens (tertiary/aromatic N) is 2. The zero-order chi connectivity index (χ0) is 31.4. The Morgan fingerprint density at radius 2 is 1.72 bits per heavy atom. The largest absolute Gasteiger partial charge is 0.491 e. The van der Waals surface area contributed by atoms with Crippen LogP contribution in [0.5, 0.6) is 17.4 Å². The molecule has 1 amide bonds. The van der Waals surface area contributed by atoms with Gasteiger partial charge >= 0.3 is 12.1 Å². The lowest BCUT2D eigenvalue weighted by molar-refractivity contribution is -0.189. The second-order valence-electron chi connectivity index (χ2n) is 9.14. The summed E-state index contributed by atoms with van der Waals surface area (Å²) in [4.78, 5) is 30.3. The highest BCUT2D eigenvalue weighted by Gasteiger charge is 2.42. The number of benzene rings is 2. The Bertz CT molecular complexity index is 1640. The zero-order valence-corrected chi connectivity index (χ0v) is 25.0. The second kappa shape index (κ2) is 13.6. The standard InChI is InChI=1S/C26H22Cl3F3N4O6S/c27-15-11-21(35-43(39,40)17-4-6-19(28)20(29)13-17)24(34-14-15)41-16-3-5-18(22(12-16)42-25(38)26(30,31)32)23(37)33-7-10-36-8-1-2-9-36/h3-6,11-14,35H,1-2,7-10H2,(H,33,37). The monoisotopic (exact) mass is 680 g/mol. The van der Waals surface area contributed by atoms with Gasteiger partial charge in [-0.15, -0.1) is 0 Å². The Balaban J connectivity index is 1.60. The lowest BCUT2D eigenvalue weighted by Crippen LogP contribution is -2.34. The van der Waals surface area contributed by atoms with E-state index in [1.165, 1.54) is 24.3 Å². The van der Waals surface area contributed by atoms with Gasteiger partial charge in [-0.05, 0) is 62.3 Å². The lowest BCUT2D eigenvalue weighted by Gasteiger charge is -2.17. The van der Waals surface area contributed by atoms with Crippen LogP contribution >= 0.6 is 34.8 Å². The topological polar surface area (TPSA) is 127 Å². The first-order valence-electron chi connectivity index (χ1n) is 12.5. The molecular weight excluding hydrogens is 660 g/mol. The van der Waals surface area contributed by atoms with Crippen molar-refractivity contribution in [3.63, 3.8) is 0 Å². The van der Waals surface area contributed by atoms with Crippen LogP contribution in [-0.2, 0) is 14.8 Å². The smallest absolute Gasteiger partial charge is 0.437 e. The maximum Gasteiger partial charge on any atom is 0.491 e. The molecule has 0 spiro atoms. The molecule has 0 radical (unpaired) electrons. The Kier molecular flexibility index (Phi) is 10.3. The third kappa shape index (κ3) is 8.63. The fraction of sp³-hybridized carbons (Fsp3) is 0.269. The summed E-state index contributed by atoms with van der Waals surface area (Å²) in [5, 5.41) is 2.71.